The van der Waals surface area contributed by atoms with Crippen molar-refractivity contribution in [3.63, 3.8) is 0 Å². The highest BCUT2D eigenvalue weighted by Crippen LogP contribution is 2.38. The largest absolute Gasteiger partial charge is 0.475 e. The van der Waals surface area contributed by atoms with E-state index in [2.05, 4.69) is 13.8 Å². The molecule has 3 unspecified atom stereocenters. The van der Waals surface area contributed by atoms with Crippen LogP contribution in [-0.4, -0.2) is 30.1 Å². The Labute approximate surface area is 235 Å². The maximum atomic E-state index is 12.1. The van der Waals surface area contributed by atoms with E-state index in [-0.39, 0.29) is 12.1 Å². The molecule has 0 aromatic rings. The molecule has 3 atom stereocenters. The van der Waals surface area contributed by atoms with Crippen LogP contribution < -0.4 is 0 Å². The number of unbranched alkanes of at least 4 members (excludes halogenated alkanes) is 14. The normalized spacial score (nSPS) is 27.0. The molecule has 0 aromatic heterocycles. The Balaban J connectivity index is 1.20. The molecule has 0 N–H and O–H groups in total. The predicted octanol–water partition coefficient (Wildman–Crippen LogP) is 10.1. The molecule has 3 aliphatic rings. The monoisotopic (exact) mass is 531 g/mol. The Kier molecular flexibility index (Phi) is 15.8. The van der Waals surface area contributed by atoms with E-state index in [4.69, 9.17) is 14.5 Å². The number of aliphatic imine (C=N–C) groups is 1. The first-order valence-corrected chi connectivity index (χ1v) is 17.1. The average Bonchev–Trinajstić information content (AvgIpc) is 3.35. The van der Waals surface area contributed by atoms with Crippen LogP contribution in [0.25, 0.3) is 0 Å². The van der Waals surface area contributed by atoms with Gasteiger partial charge in [0.1, 0.15) is 12.2 Å². The number of fused-ring (bicyclic) bond motifs is 1. The standard InChI is InChI=1S/C34H61NO3/c1-3-5-7-8-9-10-11-12-13-14-15-16-18-19-28-21-26-32-31(27-28)35-34(38-32)29-22-24-30(25-23-29)37-33(36)20-17-6-4-2/h28-32H,3-27H2,1-2H3. The van der Waals surface area contributed by atoms with Gasteiger partial charge in [0.2, 0.25) is 0 Å². The minimum absolute atomic E-state index is 0.00286. The van der Waals surface area contributed by atoms with E-state index in [1.807, 2.05) is 0 Å². The third-order valence-corrected chi connectivity index (χ3v) is 9.45. The highest BCUT2D eigenvalue weighted by Gasteiger charge is 2.39. The lowest BCUT2D eigenvalue weighted by atomic mass is 9.81. The lowest BCUT2D eigenvalue weighted by Gasteiger charge is -2.30. The zero-order valence-corrected chi connectivity index (χ0v) is 25.2. The summed E-state index contributed by atoms with van der Waals surface area (Å²) in [5, 5.41) is 0. The third kappa shape index (κ3) is 12.0. The van der Waals surface area contributed by atoms with Gasteiger partial charge in [-0.1, -0.05) is 117 Å². The maximum Gasteiger partial charge on any atom is 0.306 e. The van der Waals surface area contributed by atoms with Gasteiger partial charge in [-0.25, -0.2) is 4.99 Å². The molecule has 0 saturated heterocycles. The van der Waals surface area contributed by atoms with E-state index in [1.54, 1.807) is 0 Å². The minimum atomic E-state index is -0.00286. The van der Waals surface area contributed by atoms with Crippen molar-refractivity contribution in [2.75, 3.05) is 0 Å². The second-order valence-corrected chi connectivity index (χ2v) is 12.8. The van der Waals surface area contributed by atoms with E-state index in [0.717, 1.165) is 56.8 Å². The molecule has 1 heterocycles. The van der Waals surface area contributed by atoms with E-state index < -0.39 is 0 Å². The van der Waals surface area contributed by atoms with Crippen molar-refractivity contribution in [3.05, 3.63) is 0 Å². The van der Waals surface area contributed by atoms with Crippen LogP contribution in [0.1, 0.15) is 174 Å². The van der Waals surface area contributed by atoms with Gasteiger partial charge in [-0.3, -0.25) is 4.79 Å². The summed E-state index contributed by atoms with van der Waals surface area (Å²) in [6, 6.07) is 0.403. The molecule has 220 valence electrons. The number of esters is 1. The quantitative estimate of drug-likeness (QED) is 0.116. The maximum absolute atomic E-state index is 12.1. The second kappa shape index (κ2) is 19.1. The van der Waals surface area contributed by atoms with Crippen LogP contribution >= 0.6 is 0 Å². The Hall–Kier alpha value is -1.06. The van der Waals surface area contributed by atoms with E-state index in [0.29, 0.717) is 24.5 Å². The number of hydrogen-bond acceptors (Lipinski definition) is 4. The fraction of sp³-hybridized carbons (Fsp3) is 0.941. The summed E-state index contributed by atoms with van der Waals surface area (Å²) in [4.78, 5) is 17.2. The number of nitrogens with zero attached hydrogens (tertiary/aromatic N) is 1. The van der Waals surface area contributed by atoms with Gasteiger partial charge in [0.15, 0.2) is 5.90 Å². The smallest absolute Gasteiger partial charge is 0.306 e. The molecule has 0 bridgehead atoms. The van der Waals surface area contributed by atoms with Crippen LogP contribution in [0.2, 0.25) is 0 Å². The highest BCUT2D eigenvalue weighted by molar-refractivity contribution is 5.80. The van der Waals surface area contributed by atoms with E-state index in [1.165, 1.54) is 109 Å². The van der Waals surface area contributed by atoms with Crippen molar-refractivity contribution < 1.29 is 14.3 Å². The van der Waals surface area contributed by atoms with Crippen LogP contribution in [0.3, 0.4) is 0 Å². The fourth-order valence-electron chi connectivity index (χ4n) is 6.93. The molecule has 2 saturated carbocycles. The van der Waals surface area contributed by atoms with Gasteiger partial charge in [0, 0.05) is 12.3 Å². The number of hydrogen-bond donors (Lipinski definition) is 0. The Bertz CT molecular complexity index is 654. The molecule has 2 aliphatic carbocycles. The number of carbonyl (C=O) groups is 1. The van der Waals surface area contributed by atoms with Gasteiger partial charge < -0.3 is 9.47 Å². The van der Waals surface area contributed by atoms with Gasteiger partial charge in [-0.2, -0.15) is 0 Å². The zero-order valence-electron chi connectivity index (χ0n) is 25.2. The van der Waals surface area contributed by atoms with Crippen LogP contribution in [0.5, 0.6) is 0 Å². The van der Waals surface area contributed by atoms with Crippen molar-refractivity contribution >= 4 is 11.9 Å². The molecule has 0 radical (unpaired) electrons. The summed E-state index contributed by atoms with van der Waals surface area (Å²) in [6.07, 6.45) is 32.0. The first-order chi connectivity index (χ1) is 18.7. The minimum Gasteiger partial charge on any atom is -0.475 e. The van der Waals surface area contributed by atoms with E-state index in [9.17, 15) is 4.79 Å². The summed E-state index contributed by atoms with van der Waals surface area (Å²) in [6.45, 7) is 4.46. The van der Waals surface area contributed by atoms with E-state index >= 15 is 0 Å². The highest BCUT2D eigenvalue weighted by atomic mass is 16.5. The van der Waals surface area contributed by atoms with Gasteiger partial charge in [0.25, 0.3) is 0 Å². The van der Waals surface area contributed by atoms with Crippen molar-refractivity contribution in [3.8, 4) is 0 Å². The Morgan fingerprint density at radius 1 is 0.737 bits per heavy atom. The van der Waals surface area contributed by atoms with Crippen LogP contribution in [0, 0.1) is 11.8 Å². The first kappa shape index (κ1) is 31.5. The summed E-state index contributed by atoms with van der Waals surface area (Å²) in [5.41, 5.74) is 0. The summed E-state index contributed by atoms with van der Waals surface area (Å²) in [7, 11) is 0. The number of carbonyl (C=O) groups excluding carboxylic acids is 1. The topological polar surface area (TPSA) is 47.9 Å². The summed E-state index contributed by atoms with van der Waals surface area (Å²) in [5.74, 6) is 2.32. The van der Waals surface area contributed by atoms with Gasteiger partial charge in [-0.05, 0) is 57.3 Å². The predicted molar refractivity (Wildman–Crippen MR) is 160 cm³/mol. The molecule has 0 aromatic carbocycles. The Morgan fingerprint density at radius 2 is 1.32 bits per heavy atom. The summed E-state index contributed by atoms with van der Waals surface area (Å²) >= 11 is 0. The van der Waals surface area contributed by atoms with Crippen molar-refractivity contribution in [2.24, 2.45) is 16.8 Å². The van der Waals surface area contributed by atoms with Crippen molar-refractivity contribution in [2.45, 2.75) is 193 Å². The average molecular weight is 532 g/mol. The van der Waals surface area contributed by atoms with Gasteiger partial charge in [0.05, 0.1) is 6.04 Å². The zero-order chi connectivity index (χ0) is 26.8. The summed E-state index contributed by atoms with van der Waals surface area (Å²) < 4.78 is 12.1. The molecule has 38 heavy (non-hydrogen) atoms. The molecule has 1 aliphatic heterocycles. The molecule has 0 amide bonds. The molecular formula is C34H61NO3. The number of rotatable bonds is 20. The molecule has 4 nitrogen and oxygen atoms in total. The van der Waals surface area contributed by atoms with Crippen LogP contribution in [-0.2, 0) is 14.3 Å². The van der Waals surface area contributed by atoms with Crippen molar-refractivity contribution in [1.29, 1.82) is 0 Å². The molecule has 2 fully saturated rings. The molecule has 3 rings (SSSR count). The van der Waals surface area contributed by atoms with Crippen LogP contribution in [0.4, 0.5) is 0 Å². The Morgan fingerprint density at radius 3 is 1.95 bits per heavy atom. The van der Waals surface area contributed by atoms with Crippen molar-refractivity contribution in [1.82, 2.24) is 0 Å². The molecule has 4 heteroatoms. The fourth-order valence-corrected chi connectivity index (χ4v) is 6.93. The lowest BCUT2D eigenvalue weighted by molar-refractivity contribution is -0.150. The lowest BCUT2D eigenvalue weighted by Crippen LogP contribution is -2.32. The SMILES string of the molecule is CCCCCCCCCCCCCCCC1CCC2OC(C3CCC(OC(=O)CCCCC)CC3)=NC2C1. The molecule has 0 spiro atoms. The first-order valence-electron chi connectivity index (χ1n) is 17.1. The van der Waals surface area contributed by atoms with Gasteiger partial charge >= 0.3 is 5.97 Å². The third-order valence-electron chi connectivity index (χ3n) is 9.45. The molecular weight excluding hydrogens is 470 g/mol. The van der Waals surface area contributed by atoms with Gasteiger partial charge in [-0.15, -0.1) is 0 Å². The number of ether oxygens (including phenoxy) is 2. The van der Waals surface area contributed by atoms with Crippen LogP contribution in [0.15, 0.2) is 4.99 Å². The second-order valence-electron chi connectivity index (χ2n) is 12.8.